The van der Waals surface area contributed by atoms with Gasteiger partial charge in [0.1, 0.15) is 5.82 Å². The molecule has 3 aromatic rings. The smallest absolute Gasteiger partial charge is 0.167 e. The number of thiol groups is 1. The molecule has 0 radical (unpaired) electrons. The molecule has 24 heavy (non-hydrogen) atoms. The maximum absolute atomic E-state index is 12.9. The van der Waals surface area contributed by atoms with Crippen molar-refractivity contribution in [2.75, 3.05) is 0 Å². The van der Waals surface area contributed by atoms with Crippen molar-refractivity contribution in [3.63, 3.8) is 0 Å². The highest BCUT2D eigenvalue weighted by atomic mass is 32.2. The number of benzene rings is 3. The summed E-state index contributed by atoms with van der Waals surface area (Å²) in [4.78, 5) is 15.4. The van der Waals surface area contributed by atoms with Gasteiger partial charge in [-0.15, -0.1) is 12.6 Å². The predicted octanol–water partition coefficient (Wildman–Crippen LogP) is 5.69. The lowest BCUT2D eigenvalue weighted by atomic mass is 10.0. The zero-order chi connectivity index (χ0) is 16.9. The molecule has 0 aromatic heterocycles. The summed E-state index contributed by atoms with van der Waals surface area (Å²) in [5, 5.41) is 0. The van der Waals surface area contributed by atoms with E-state index in [4.69, 9.17) is 0 Å². The molecule has 0 aliphatic carbocycles. The van der Waals surface area contributed by atoms with Crippen LogP contribution in [-0.2, 0) is 6.42 Å². The van der Waals surface area contributed by atoms with Crippen LogP contribution in [0.4, 0.5) is 4.39 Å². The fourth-order valence-corrected chi connectivity index (χ4v) is 3.21. The molecule has 0 amide bonds. The van der Waals surface area contributed by atoms with Crippen molar-refractivity contribution in [2.24, 2.45) is 0 Å². The summed E-state index contributed by atoms with van der Waals surface area (Å²) >= 11 is 5.91. The number of carbonyl (C=O) groups excluding carboxylic acids is 1. The van der Waals surface area contributed by atoms with Gasteiger partial charge in [0.2, 0.25) is 0 Å². The van der Waals surface area contributed by atoms with Gasteiger partial charge in [0.25, 0.3) is 0 Å². The number of Topliss-reactive ketones (excluding diaryl/α,β-unsaturated/α-hetero) is 1. The SMILES string of the molecule is O=C(Cc1ccc(F)cc1)c1ccc(Sc2ccc(S)cc2)cc1. The zero-order valence-electron chi connectivity index (χ0n) is 12.8. The molecule has 4 heteroatoms. The summed E-state index contributed by atoms with van der Waals surface area (Å²) in [5.41, 5.74) is 1.47. The highest BCUT2D eigenvalue weighted by molar-refractivity contribution is 7.99. The number of carbonyl (C=O) groups is 1. The minimum absolute atomic E-state index is 0.0255. The summed E-state index contributed by atoms with van der Waals surface area (Å²) in [6.07, 6.45) is 0.274. The van der Waals surface area contributed by atoms with Gasteiger partial charge in [-0.1, -0.05) is 36.0 Å². The Morgan fingerprint density at radius 1 is 0.833 bits per heavy atom. The van der Waals surface area contributed by atoms with E-state index < -0.39 is 0 Å². The Morgan fingerprint density at radius 3 is 1.96 bits per heavy atom. The fraction of sp³-hybridized carbons (Fsp3) is 0.0500. The van der Waals surface area contributed by atoms with E-state index in [2.05, 4.69) is 12.6 Å². The Kier molecular flexibility index (Phi) is 5.38. The standard InChI is InChI=1S/C20H15FOS2/c21-16-5-1-14(2-6-16)13-20(22)15-3-9-18(10-4-15)24-19-11-7-17(23)8-12-19/h1-12,23H,13H2. The van der Waals surface area contributed by atoms with Crippen LogP contribution >= 0.6 is 24.4 Å². The molecule has 0 spiro atoms. The van der Waals surface area contributed by atoms with Crippen LogP contribution in [0, 0.1) is 5.82 Å². The normalized spacial score (nSPS) is 10.6. The van der Waals surface area contributed by atoms with Gasteiger partial charge in [0, 0.05) is 26.7 Å². The third-order valence-electron chi connectivity index (χ3n) is 3.53. The van der Waals surface area contributed by atoms with Gasteiger partial charge < -0.3 is 0 Å². The molecule has 0 aliphatic heterocycles. The highest BCUT2D eigenvalue weighted by Gasteiger charge is 2.08. The van der Waals surface area contributed by atoms with Crippen LogP contribution in [0.3, 0.4) is 0 Å². The highest BCUT2D eigenvalue weighted by Crippen LogP contribution is 2.28. The van der Waals surface area contributed by atoms with E-state index in [9.17, 15) is 9.18 Å². The lowest BCUT2D eigenvalue weighted by Crippen LogP contribution is -2.03. The molecule has 0 heterocycles. The van der Waals surface area contributed by atoms with E-state index in [0.29, 0.717) is 5.56 Å². The molecule has 0 unspecified atom stereocenters. The first kappa shape index (κ1) is 16.8. The van der Waals surface area contributed by atoms with Crippen molar-refractivity contribution >= 4 is 30.2 Å². The van der Waals surface area contributed by atoms with E-state index >= 15 is 0 Å². The molecule has 3 aromatic carbocycles. The largest absolute Gasteiger partial charge is 0.294 e. The van der Waals surface area contributed by atoms with Gasteiger partial charge in [-0.2, -0.15) is 0 Å². The quantitative estimate of drug-likeness (QED) is 0.468. The van der Waals surface area contributed by atoms with Gasteiger partial charge in [-0.25, -0.2) is 4.39 Å². The molecule has 0 saturated heterocycles. The molecule has 0 aliphatic rings. The Morgan fingerprint density at radius 2 is 1.38 bits per heavy atom. The fourth-order valence-electron chi connectivity index (χ4n) is 2.25. The van der Waals surface area contributed by atoms with Crippen LogP contribution < -0.4 is 0 Å². The maximum atomic E-state index is 12.9. The van der Waals surface area contributed by atoms with Crippen LogP contribution in [0.1, 0.15) is 15.9 Å². The van der Waals surface area contributed by atoms with Crippen LogP contribution in [0.5, 0.6) is 0 Å². The van der Waals surface area contributed by atoms with Gasteiger partial charge >= 0.3 is 0 Å². The van der Waals surface area contributed by atoms with E-state index in [1.807, 2.05) is 48.5 Å². The average molecular weight is 354 g/mol. The Bertz CT molecular complexity index is 825. The summed E-state index contributed by atoms with van der Waals surface area (Å²) in [6.45, 7) is 0. The minimum atomic E-state index is -0.293. The van der Waals surface area contributed by atoms with Crippen LogP contribution in [0.25, 0.3) is 0 Å². The number of ketones is 1. The molecule has 0 saturated carbocycles. The van der Waals surface area contributed by atoms with Crippen molar-refractivity contribution < 1.29 is 9.18 Å². The minimum Gasteiger partial charge on any atom is -0.294 e. The van der Waals surface area contributed by atoms with E-state index in [1.54, 1.807) is 23.9 Å². The Balaban J connectivity index is 1.66. The van der Waals surface area contributed by atoms with Crippen molar-refractivity contribution in [2.45, 2.75) is 21.1 Å². The average Bonchev–Trinajstić information content (AvgIpc) is 2.59. The molecule has 120 valence electrons. The number of rotatable bonds is 5. The van der Waals surface area contributed by atoms with E-state index in [1.165, 1.54) is 12.1 Å². The lowest BCUT2D eigenvalue weighted by molar-refractivity contribution is 0.0993. The Labute approximate surface area is 150 Å². The summed E-state index contributed by atoms with van der Waals surface area (Å²) in [5.74, 6) is -0.267. The van der Waals surface area contributed by atoms with Crippen molar-refractivity contribution in [3.8, 4) is 0 Å². The first-order valence-corrected chi connectivity index (χ1v) is 8.71. The van der Waals surface area contributed by atoms with Gasteiger partial charge in [0.05, 0.1) is 0 Å². The van der Waals surface area contributed by atoms with Crippen LogP contribution in [0.15, 0.2) is 87.5 Å². The second-order valence-corrected chi connectivity index (χ2v) is 7.01. The van der Waals surface area contributed by atoms with Crippen molar-refractivity contribution in [1.29, 1.82) is 0 Å². The third kappa shape index (κ3) is 4.49. The summed E-state index contributed by atoms with van der Waals surface area (Å²) in [7, 11) is 0. The molecule has 3 rings (SSSR count). The first-order valence-electron chi connectivity index (χ1n) is 7.45. The summed E-state index contributed by atoms with van der Waals surface area (Å²) < 4.78 is 12.9. The van der Waals surface area contributed by atoms with Crippen molar-refractivity contribution in [1.82, 2.24) is 0 Å². The number of hydrogen-bond donors (Lipinski definition) is 1. The second kappa shape index (κ2) is 7.69. The zero-order valence-corrected chi connectivity index (χ0v) is 14.5. The molecule has 0 bridgehead atoms. The van der Waals surface area contributed by atoms with Crippen molar-refractivity contribution in [3.05, 3.63) is 89.7 Å². The van der Waals surface area contributed by atoms with Gasteiger partial charge in [0.15, 0.2) is 5.78 Å². The lowest BCUT2D eigenvalue weighted by Gasteiger charge is -2.05. The maximum Gasteiger partial charge on any atom is 0.167 e. The number of hydrogen-bond acceptors (Lipinski definition) is 3. The van der Waals surface area contributed by atoms with E-state index in [0.717, 1.165) is 20.2 Å². The molecule has 0 atom stereocenters. The molecule has 0 N–H and O–H groups in total. The molecular weight excluding hydrogens is 339 g/mol. The van der Waals surface area contributed by atoms with Gasteiger partial charge in [-0.05, 0) is 54.1 Å². The molecule has 1 nitrogen and oxygen atoms in total. The second-order valence-electron chi connectivity index (χ2n) is 5.35. The van der Waals surface area contributed by atoms with E-state index in [-0.39, 0.29) is 18.0 Å². The third-order valence-corrected chi connectivity index (χ3v) is 4.84. The topological polar surface area (TPSA) is 17.1 Å². The Hall–Kier alpha value is -2.04. The van der Waals surface area contributed by atoms with Crippen LogP contribution in [-0.4, -0.2) is 5.78 Å². The first-order chi connectivity index (χ1) is 11.6. The predicted molar refractivity (Wildman–Crippen MR) is 98.7 cm³/mol. The molecule has 0 fully saturated rings. The van der Waals surface area contributed by atoms with Crippen LogP contribution in [0.2, 0.25) is 0 Å². The monoisotopic (exact) mass is 354 g/mol. The molecular formula is C20H15FOS2. The van der Waals surface area contributed by atoms with Gasteiger partial charge in [-0.3, -0.25) is 4.79 Å². The summed E-state index contributed by atoms with van der Waals surface area (Å²) in [6, 6.07) is 21.5. The number of halogens is 1.